The van der Waals surface area contributed by atoms with Crippen LogP contribution in [-0.4, -0.2) is 42.4 Å². The van der Waals surface area contributed by atoms with Gasteiger partial charge in [-0.15, -0.1) is 0 Å². The second-order valence-electron chi connectivity index (χ2n) is 5.96. The number of hydrogen-bond acceptors (Lipinski definition) is 2. The summed E-state index contributed by atoms with van der Waals surface area (Å²) in [6.45, 7) is 1.75. The van der Waals surface area contributed by atoms with E-state index < -0.39 is 5.82 Å². The minimum Gasteiger partial charge on any atom is -0.335 e. The van der Waals surface area contributed by atoms with Crippen molar-refractivity contribution in [2.45, 2.75) is 6.04 Å². The molecule has 6 heteroatoms. The summed E-state index contributed by atoms with van der Waals surface area (Å²) in [7, 11) is 1.98. The van der Waals surface area contributed by atoms with Crippen LogP contribution in [0.5, 0.6) is 0 Å². The number of amides is 1. The molecule has 1 heterocycles. The molecule has 1 aliphatic heterocycles. The summed E-state index contributed by atoms with van der Waals surface area (Å²) >= 11 is 3.22. The summed E-state index contributed by atoms with van der Waals surface area (Å²) in [6, 6.07) is 10.5. The van der Waals surface area contributed by atoms with Gasteiger partial charge in [0.2, 0.25) is 0 Å². The van der Waals surface area contributed by atoms with E-state index in [1.54, 1.807) is 23.1 Å². The van der Waals surface area contributed by atoms with Crippen molar-refractivity contribution >= 4 is 21.8 Å². The van der Waals surface area contributed by atoms with Gasteiger partial charge in [-0.1, -0.05) is 28.1 Å². The Labute approximate surface area is 148 Å². The Morgan fingerprint density at radius 1 is 1.08 bits per heavy atom. The van der Waals surface area contributed by atoms with Gasteiger partial charge in [0.05, 0.1) is 6.04 Å². The van der Waals surface area contributed by atoms with Crippen LogP contribution in [0.25, 0.3) is 0 Å². The van der Waals surface area contributed by atoms with Gasteiger partial charge < -0.3 is 4.90 Å². The molecular formula is C18H17BrF2N2O. The lowest BCUT2D eigenvalue weighted by Crippen LogP contribution is -2.49. The number of halogens is 3. The van der Waals surface area contributed by atoms with Crippen molar-refractivity contribution in [3.05, 3.63) is 69.7 Å². The molecule has 1 amide bonds. The monoisotopic (exact) mass is 394 g/mol. The van der Waals surface area contributed by atoms with Crippen LogP contribution in [0.15, 0.2) is 46.9 Å². The van der Waals surface area contributed by atoms with Gasteiger partial charge in [0.15, 0.2) is 0 Å². The second kappa shape index (κ2) is 6.99. The van der Waals surface area contributed by atoms with Crippen molar-refractivity contribution in [1.29, 1.82) is 0 Å². The average Bonchev–Trinajstić information content (AvgIpc) is 2.55. The van der Waals surface area contributed by atoms with Gasteiger partial charge in [-0.2, -0.15) is 0 Å². The fraction of sp³-hybridized carbons (Fsp3) is 0.278. The van der Waals surface area contributed by atoms with Crippen LogP contribution < -0.4 is 0 Å². The second-order valence-corrected chi connectivity index (χ2v) is 6.87. The number of hydrogen-bond donors (Lipinski definition) is 0. The third kappa shape index (κ3) is 3.65. The summed E-state index contributed by atoms with van der Waals surface area (Å²) in [5.74, 6) is -0.929. The molecule has 126 valence electrons. The summed E-state index contributed by atoms with van der Waals surface area (Å²) in [4.78, 5) is 16.6. The maximum Gasteiger partial charge on any atom is 0.254 e. The van der Waals surface area contributed by atoms with Gasteiger partial charge in [0.25, 0.3) is 5.91 Å². The summed E-state index contributed by atoms with van der Waals surface area (Å²) in [6.07, 6.45) is 0. The van der Waals surface area contributed by atoms with E-state index in [-0.39, 0.29) is 17.8 Å². The highest BCUT2D eigenvalue weighted by Crippen LogP contribution is 2.26. The van der Waals surface area contributed by atoms with Crippen LogP contribution in [0.2, 0.25) is 0 Å². The van der Waals surface area contributed by atoms with Crippen LogP contribution in [0, 0.1) is 11.6 Å². The van der Waals surface area contributed by atoms with Crippen LogP contribution in [0.3, 0.4) is 0 Å². The average molecular weight is 395 g/mol. The summed E-state index contributed by atoms with van der Waals surface area (Å²) in [5, 5.41) is 0. The highest BCUT2D eigenvalue weighted by Gasteiger charge is 2.29. The van der Waals surface area contributed by atoms with Gasteiger partial charge in [0, 0.05) is 29.7 Å². The molecule has 0 spiro atoms. The fourth-order valence-electron chi connectivity index (χ4n) is 2.96. The molecule has 0 aromatic heterocycles. The molecular weight excluding hydrogens is 378 g/mol. The Hall–Kier alpha value is -1.79. The fourth-order valence-corrected chi connectivity index (χ4v) is 3.43. The first-order valence-corrected chi connectivity index (χ1v) is 8.44. The zero-order valence-corrected chi connectivity index (χ0v) is 14.8. The van der Waals surface area contributed by atoms with Crippen molar-refractivity contribution in [3.63, 3.8) is 0 Å². The van der Waals surface area contributed by atoms with Gasteiger partial charge in [-0.25, -0.2) is 8.78 Å². The quantitative estimate of drug-likeness (QED) is 0.771. The molecule has 1 atom stereocenters. The zero-order valence-electron chi connectivity index (χ0n) is 13.2. The Morgan fingerprint density at radius 3 is 2.46 bits per heavy atom. The number of nitrogens with zero attached hydrogens (tertiary/aromatic N) is 2. The SMILES string of the molecule is CN1CCN(C(=O)c2cc(F)cc(Br)c2)CC1c1ccc(F)cc1. The van der Waals surface area contributed by atoms with E-state index in [1.165, 1.54) is 24.3 Å². The normalized spacial score (nSPS) is 18.7. The number of carbonyl (C=O) groups is 1. The predicted molar refractivity (Wildman–Crippen MR) is 91.8 cm³/mol. The first-order chi connectivity index (χ1) is 11.4. The van der Waals surface area contributed by atoms with E-state index in [0.29, 0.717) is 29.7 Å². The van der Waals surface area contributed by atoms with Crippen molar-refractivity contribution in [3.8, 4) is 0 Å². The zero-order chi connectivity index (χ0) is 17.3. The molecule has 1 saturated heterocycles. The Kier molecular flexibility index (Phi) is 4.96. The lowest BCUT2D eigenvalue weighted by atomic mass is 10.0. The molecule has 0 bridgehead atoms. The van der Waals surface area contributed by atoms with Crippen molar-refractivity contribution < 1.29 is 13.6 Å². The molecule has 1 fully saturated rings. The number of piperazine rings is 1. The molecule has 3 nitrogen and oxygen atoms in total. The largest absolute Gasteiger partial charge is 0.335 e. The molecule has 0 saturated carbocycles. The lowest BCUT2D eigenvalue weighted by Gasteiger charge is -2.39. The van der Waals surface area contributed by atoms with E-state index >= 15 is 0 Å². The smallest absolute Gasteiger partial charge is 0.254 e. The van der Waals surface area contributed by atoms with Gasteiger partial charge in [0.1, 0.15) is 11.6 Å². The van der Waals surface area contributed by atoms with E-state index in [1.807, 2.05) is 7.05 Å². The van der Waals surface area contributed by atoms with E-state index in [9.17, 15) is 13.6 Å². The van der Waals surface area contributed by atoms with Crippen LogP contribution in [0.1, 0.15) is 22.0 Å². The molecule has 24 heavy (non-hydrogen) atoms. The number of carbonyl (C=O) groups excluding carboxylic acids is 1. The third-order valence-corrected chi connectivity index (χ3v) is 4.76. The topological polar surface area (TPSA) is 23.6 Å². The standard InChI is InChI=1S/C18H17BrF2N2O/c1-22-6-7-23(11-17(22)12-2-4-15(20)5-3-12)18(24)13-8-14(19)10-16(21)9-13/h2-5,8-10,17H,6-7,11H2,1H3. The Morgan fingerprint density at radius 2 is 1.79 bits per heavy atom. The molecule has 3 rings (SSSR count). The van der Waals surface area contributed by atoms with Crippen LogP contribution >= 0.6 is 15.9 Å². The van der Waals surface area contributed by atoms with E-state index in [4.69, 9.17) is 0 Å². The molecule has 2 aromatic carbocycles. The van der Waals surface area contributed by atoms with Gasteiger partial charge in [-0.3, -0.25) is 9.69 Å². The predicted octanol–water partition coefficient (Wildman–Crippen LogP) is 3.86. The van der Waals surface area contributed by atoms with E-state index in [2.05, 4.69) is 20.8 Å². The molecule has 1 unspecified atom stereocenters. The number of likely N-dealkylation sites (N-methyl/N-ethyl adjacent to an activating group) is 1. The molecule has 1 aliphatic rings. The highest BCUT2D eigenvalue weighted by atomic mass is 79.9. The summed E-state index contributed by atoms with van der Waals surface area (Å²) in [5.41, 5.74) is 1.28. The van der Waals surface area contributed by atoms with Crippen molar-refractivity contribution in [2.24, 2.45) is 0 Å². The Balaban J connectivity index is 1.81. The number of benzene rings is 2. The third-order valence-electron chi connectivity index (χ3n) is 4.30. The highest BCUT2D eigenvalue weighted by molar-refractivity contribution is 9.10. The maximum absolute atomic E-state index is 13.6. The minimum absolute atomic E-state index is 0.0136. The first-order valence-electron chi connectivity index (χ1n) is 7.65. The molecule has 0 N–H and O–H groups in total. The molecule has 2 aromatic rings. The van der Waals surface area contributed by atoms with Crippen molar-refractivity contribution in [2.75, 3.05) is 26.7 Å². The van der Waals surface area contributed by atoms with Gasteiger partial charge in [-0.05, 0) is 42.9 Å². The number of rotatable bonds is 2. The van der Waals surface area contributed by atoms with Crippen LogP contribution in [0.4, 0.5) is 8.78 Å². The molecule has 0 radical (unpaired) electrons. The molecule has 0 aliphatic carbocycles. The summed E-state index contributed by atoms with van der Waals surface area (Å²) < 4.78 is 27.2. The maximum atomic E-state index is 13.6. The Bertz CT molecular complexity index is 731. The van der Waals surface area contributed by atoms with Crippen molar-refractivity contribution in [1.82, 2.24) is 9.80 Å². The van der Waals surface area contributed by atoms with Crippen LogP contribution in [-0.2, 0) is 0 Å². The first kappa shape index (κ1) is 17.0. The lowest BCUT2D eigenvalue weighted by molar-refractivity contribution is 0.0545. The van der Waals surface area contributed by atoms with Gasteiger partial charge >= 0.3 is 0 Å². The minimum atomic E-state index is -0.447. The van der Waals surface area contributed by atoms with E-state index in [0.717, 1.165) is 5.56 Å².